The van der Waals surface area contributed by atoms with E-state index in [0.717, 1.165) is 26.3 Å². The maximum atomic E-state index is 5.18. The van der Waals surface area contributed by atoms with E-state index in [1.807, 2.05) is 30.3 Å². The number of hydrogen-bond donors (Lipinski definition) is 0. The molecule has 0 aromatic carbocycles. The molecule has 4 nitrogen and oxygen atoms in total. The summed E-state index contributed by atoms with van der Waals surface area (Å²) in [7, 11) is 3.92. The quantitative estimate of drug-likeness (QED) is 0.411. The summed E-state index contributed by atoms with van der Waals surface area (Å²) in [4.78, 5) is 1.93. The summed E-state index contributed by atoms with van der Waals surface area (Å²) in [6.07, 6.45) is 1.81. The van der Waals surface area contributed by atoms with Gasteiger partial charge in [-0.3, -0.25) is 5.01 Å². The lowest BCUT2D eigenvalue weighted by Crippen LogP contribution is -2.33. The molecule has 0 unspecified atom stereocenters. The molecule has 4 heteroatoms. The van der Waals surface area contributed by atoms with Gasteiger partial charge in [0.2, 0.25) is 0 Å². The van der Waals surface area contributed by atoms with Crippen LogP contribution in [0.3, 0.4) is 0 Å². The summed E-state index contributed by atoms with van der Waals surface area (Å²) in [5, 5.41) is 6.25. The Balaban J connectivity index is 2.23. The van der Waals surface area contributed by atoms with Crippen molar-refractivity contribution < 1.29 is 4.74 Å². The molecule has 1 saturated heterocycles. The fraction of sp³-hybridized carbons (Fsp3) is 0.857. The van der Waals surface area contributed by atoms with E-state index in [-0.39, 0.29) is 0 Å². The lowest BCUT2D eigenvalue weighted by atomic mass is 10.5. The molecule has 1 fully saturated rings. The van der Waals surface area contributed by atoms with Crippen molar-refractivity contribution in [2.75, 3.05) is 40.4 Å². The molecule has 1 aliphatic rings. The number of rotatable bonds is 2. The second-order valence-electron chi connectivity index (χ2n) is 2.76. The van der Waals surface area contributed by atoms with Gasteiger partial charge >= 0.3 is 0 Å². The molecule has 0 bridgehead atoms. The Bertz CT molecular complexity index is 130. The summed E-state index contributed by atoms with van der Waals surface area (Å²) in [6, 6.07) is 0. The largest absolute Gasteiger partial charge is 0.378 e. The Hall–Kier alpha value is -0.770. The van der Waals surface area contributed by atoms with Gasteiger partial charge in [0.1, 0.15) is 6.34 Å². The Morgan fingerprint density at radius 1 is 1.36 bits per heavy atom. The van der Waals surface area contributed by atoms with E-state index in [1.165, 1.54) is 0 Å². The van der Waals surface area contributed by atoms with Crippen LogP contribution in [0.2, 0.25) is 0 Å². The molecule has 1 heterocycles. The average Bonchev–Trinajstić information content (AvgIpc) is 2.03. The van der Waals surface area contributed by atoms with Crippen LogP contribution in [0.4, 0.5) is 0 Å². The maximum absolute atomic E-state index is 5.18. The predicted octanol–water partition coefficient (Wildman–Crippen LogP) is -0.177. The van der Waals surface area contributed by atoms with Gasteiger partial charge in [-0.1, -0.05) is 0 Å². The molecular weight excluding hydrogens is 142 g/mol. The predicted molar refractivity (Wildman–Crippen MR) is 44.6 cm³/mol. The standard InChI is InChI=1S/C7H15N3O/c1-9(2)7-8-10-3-5-11-6-4-10/h7H,3-6H2,1-2H3/b8-7+. The molecule has 0 aromatic heterocycles. The van der Waals surface area contributed by atoms with Crippen LogP contribution in [0.15, 0.2) is 5.10 Å². The van der Waals surface area contributed by atoms with Crippen molar-refractivity contribution in [3.05, 3.63) is 0 Å². The normalized spacial score (nSPS) is 19.3. The third-order valence-corrected chi connectivity index (χ3v) is 1.43. The summed E-state index contributed by atoms with van der Waals surface area (Å²) in [6.45, 7) is 3.41. The highest BCUT2D eigenvalue weighted by molar-refractivity contribution is 5.53. The van der Waals surface area contributed by atoms with Crippen molar-refractivity contribution in [2.24, 2.45) is 5.10 Å². The topological polar surface area (TPSA) is 28.1 Å². The summed E-state index contributed by atoms with van der Waals surface area (Å²) in [5.41, 5.74) is 0. The number of hydrazone groups is 1. The first-order valence-corrected chi connectivity index (χ1v) is 3.82. The van der Waals surface area contributed by atoms with Crippen LogP contribution in [-0.2, 0) is 4.74 Å². The van der Waals surface area contributed by atoms with E-state index in [0.29, 0.717) is 0 Å². The minimum Gasteiger partial charge on any atom is -0.378 e. The van der Waals surface area contributed by atoms with Gasteiger partial charge in [0.15, 0.2) is 0 Å². The van der Waals surface area contributed by atoms with Crippen LogP contribution in [0.25, 0.3) is 0 Å². The molecule has 0 N–H and O–H groups in total. The molecule has 0 amide bonds. The van der Waals surface area contributed by atoms with Gasteiger partial charge in [0.25, 0.3) is 0 Å². The van der Waals surface area contributed by atoms with E-state index >= 15 is 0 Å². The van der Waals surface area contributed by atoms with Crippen LogP contribution >= 0.6 is 0 Å². The first kappa shape index (κ1) is 8.33. The molecule has 0 atom stereocenters. The van der Waals surface area contributed by atoms with Crippen LogP contribution < -0.4 is 0 Å². The van der Waals surface area contributed by atoms with E-state index in [4.69, 9.17) is 4.74 Å². The van der Waals surface area contributed by atoms with E-state index in [1.54, 1.807) is 0 Å². The lowest BCUT2D eigenvalue weighted by Gasteiger charge is -2.23. The van der Waals surface area contributed by atoms with Gasteiger partial charge < -0.3 is 9.64 Å². The zero-order valence-corrected chi connectivity index (χ0v) is 7.16. The summed E-state index contributed by atoms with van der Waals surface area (Å²) >= 11 is 0. The smallest absolute Gasteiger partial charge is 0.110 e. The molecule has 11 heavy (non-hydrogen) atoms. The van der Waals surface area contributed by atoms with Crippen molar-refractivity contribution in [3.63, 3.8) is 0 Å². The number of ether oxygens (including phenoxy) is 1. The molecule has 0 saturated carbocycles. The molecule has 0 radical (unpaired) electrons. The Morgan fingerprint density at radius 3 is 2.55 bits per heavy atom. The van der Waals surface area contributed by atoms with Crippen LogP contribution in [-0.4, -0.2) is 56.6 Å². The molecule has 0 spiro atoms. The maximum Gasteiger partial charge on any atom is 0.110 e. The fourth-order valence-electron chi connectivity index (χ4n) is 0.845. The summed E-state index contributed by atoms with van der Waals surface area (Å²) in [5.74, 6) is 0. The van der Waals surface area contributed by atoms with Crippen LogP contribution in [0, 0.1) is 0 Å². The van der Waals surface area contributed by atoms with Crippen molar-refractivity contribution in [1.29, 1.82) is 0 Å². The van der Waals surface area contributed by atoms with Gasteiger partial charge in [-0.05, 0) is 0 Å². The second kappa shape index (κ2) is 4.18. The molecule has 0 aromatic rings. The average molecular weight is 157 g/mol. The van der Waals surface area contributed by atoms with E-state index in [2.05, 4.69) is 5.10 Å². The zero-order valence-electron chi connectivity index (χ0n) is 7.16. The van der Waals surface area contributed by atoms with Crippen LogP contribution in [0.5, 0.6) is 0 Å². The molecule has 1 aliphatic heterocycles. The third kappa shape index (κ3) is 3.23. The van der Waals surface area contributed by atoms with Crippen molar-refractivity contribution in [2.45, 2.75) is 0 Å². The first-order chi connectivity index (χ1) is 5.29. The van der Waals surface area contributed by atoms with Gasteiger partial charge in [0, 0.05) is 14.1 Å². The minimum absolute atomic E-state index is 0.796. The number of hydrogen-bond acceptors (Lipinski definition) is 3. The molecule has 0 aliphatic carbocycles. The van der Waals surface area contributed by atoms with E-state index < -0.39 is 0 Å². The van der Waals surface area contributed by atoms with Gasteiger partial charge in [0.05, 0.1) is 26.3 Å². The highest BCUT2D eigenvalue weighted by atomic mass is 16.5. The lowest BCUT2D eigenvalue weighted by molar-refractivity contribution is 0.0392. The zero-order chi connectivity index (χ0) is 8.10. The minimum atomic E-state index is 0.796. The Kier molecular flexibility index (Phi) is 3.16. The molecular formula is C7H15N3O. The van der Waals surface area contributed by atoms with Gasteiger partial charge in [-0.25, -0.2) is 0 Å². The Labute approximate surface area is 67.4 Å². The monoisotopic (exact) mass is 157 g/mol. The SMILES string of the molecule is CN(C)/C=N/N1CCOCC1. The Morgan fingerprint density at radius 2 is 2.00 bits per heavy atom. The van der Waals surface area contributed by atoms with Crippen molar-refractivity contribution >= 4 is 6.34 Å². The molecule has 1 rings (SSSR count). The van der Waals surface area contributed by atoms with Gasteiger partial charge in [-0.15, -0.1) is 0 Å². The fourth-order valence-corrected chi connectivity index (χ4v) is 0.845. The first-order valence-electron chi connectivity index (χ1n) is 3.82. The number of morpholine rings is 1. The van der Waals surface area contributed by atoms with Crippen LogP contribution in [0.1, 0.15) is 0 Å². The van der Waals surface area contributed by atoms with Crippen molar-refractivity contribution in [3.8, 4) is 0 Å². The highest BCUT2D eigenvalue weighted by Crippen LogP contribution is 1.95. The number of nitrogens with zero attached hydrogens (tertiary/aromatic N) is 3. The highest BCUT2D eigenvalue weighted by Gasteiger charge is 2.05. The third-order valence-electron chi connectivity index (χ3n) is 1.43. The second-order valence-corrected chi connectivity index (χ2v) is 2.76. The molecule has 64 valence electrons. The van der Waals surface area contributed by atoms with E-state index in [9.17, 15) is 0 Å². The van der Waals surface area contributed by atoms with Crippen molar-refractivity contribution in [1.82, 2.24) is 9.91 Å². The van der Waals surface area contributed by atoms with Gasteiger partial charge in [-0.2, -0.15) is 5.10 Å². The summed E-state index contributed by atoms with van der Waals surface area (Å²) < 4.78 is 5.18.